The molecular weight excluding hydrogens is 432 g/mol. The van der Waals surface area contributed by atoms with Crippen molar-refractivity contribution in [2.75, 3.05) is 13.7 Å². The van der Waals surface area contributed by atoms with Crippen molar-refractivity contribution in [3.05, 3.63) is 40.0 Å². The van der Waals surface area contributed by atoms with E-state index in [2.05, 4.69) is 22.5 Å². The number of nitrogens with zero attached hydrogens (tertiary/aromatic N) is 2. The number of amides is 3. The maximum absolute atomic E-state index is 12.3. The van der Waals surface area contributed by atoms with Crippen molar-refractivity contribution < 1.29 is 28.8 Å². The molecule has 0 radical (unpaired) electrons. The largest absolute Gasteiger partial charge is 0.493 e. The van der Waals surface area contributed by atoms with E-state index in [1.807, 2.05) is 0 Å². The molecule has 3 amide bonds. The Morgan fingerprint density at radius 1 is 1.27 bits per heavy atom. The lowest BCUT2D eigenvalue weighted by molar-refractivity contribution is -0.493. The summed E-state index contributed by atoms with van der Waals surface area (Å²) in [7, 11) is 1.46. The Morgan fingerprint density at radius 3 is 2.70 bits per heavy atom. The van der Waals surface area contributed by atoms with Crippen molar-refractivity contribution >= 4 is 29.6 Å². The number of carbonyl (C=O) groups excluding carboxylic acids is 3. The SMILES string of the molecule is COc1cc(/C=C/C2=NC(=O)C([N+](=O)[O-])C(=O)N2)ccc1OCC(=O)NC1CCCCC1C. The fourth-order valence-corrected chi connectivity index (χ4v) is 3.78. The zero-order chi connectivity index (χ0) is 24.0. The Labute approximate surface area is 190 Å². The molecule has 1 aromatic rings. The second kappa shape index (κ2) is 10.7. The Hall–Kier alpha value is -3.76. The average Bonchev–Trinajstić information content (AvgIpc) is 2.77. The van der Waals surface area contributed by atoms with E-state index in [1.165, 1.54) is 19.6 Å². The van der Waals surface area contributed by atoms with Crippen LogP contribution in [-0.4, -0.2) is 54.3 Å². The van der Waals surface area contributed by atoms with E-state index in [0.29, 0.717) is 23.0 Å². The quantitative estimate of drug-likeness (QED) is 0.340. The molecule has 1 aliphatic heterocycles. The van der Waals surface area contributed by atoms with Gasteiger partial charge in [-0.1, -0.05) is 31.9 Å². The molecule has 1 heterocycles. The van der Waals surface area contributed by atoms with Crippen molar-refractivity contribution in [1.82, 2.24) is 10.6 Å². The number of hydrogen-bond donors (Lipinski definition) is 2. The lowest BCUT2D eigenvalue weighted by Gasteiger charge is -2.29. The minimum Gasteiger partial charge on any atom is -0.493 e. The van der Waals surface area contributed by atoms with Gasteiger partial charge in [-0.3, -0.25) is 24.5 Å². The highest BCUT2D eigenvalue weighted by Crippen LogP contribution is 2.29. The summed E-state index contributed by atoms with van der Waals surface area (Å²) in [6, 6.07) is 3.09. The van der Waals surface area contributed by atoms with Crippen molar-refractivity contribution in [2.24, 2.45) is 10.9 Å². The number of methoxy groups -OCH3 is 1. The molecule has 1 aliphatic carbocycles. The molecule has 1 saturated carbocycles. The van der Waals surface area contributed by atoms with Crippen molar-refractivity contribution in [2.45, 2.75) is 44.7 Å². The van der Waals surface area contributed by atoms with Gasteiger partial charge in [0.1, 0.15) is 5.84 Å². The number of rotatable bonds is 8. The fraction of sp³-hybridized carbons (Fsp3) is 0.455. The van der Waals surface area contributed by atoms with Gasteiger partial charge in [-0.15, -0.1) is 0 Å². The number of nitrogens with one attached hydrogen (secondary N) is 2. The first-order valence-electron chi connectivity index (χ1n) is 10.6. The van der Waals surface area contributed by atoms with Crippen molar-refractivity contribution in [3.63, 3.8) is 0 Å². The van der Waals surface area contributed by atoms with Gasteiger partial charge < -0.3 is 20.1 Å². The van der Waals surface area contributed by atoms with Gasteiger partial charge in [-0.2, -0.15) is 4.99 Å². The number of aliphatic imine (C=N–C) groups is 1. The molecule has 11 nitrogen and oxygen atoms in total. The van der Waals surface area contributed by atoms with E-state index in [4.69, 9.17) is 9.47 Å². The zero-order valence-electron chi connectivity index (χ0n) is 18.4. The number of carbonyl (C=O) groups is 3. The maximum atomic E-state index is 12.3. The Balaban J connectivity index is 1.61. The minimum atomic E-state index is -2.03. The lowest BCUT2D eigenvalue weighted by Crippen LogP contribution is -2.50. The molecule has 2 aliphatic rings. The number of ether oxygens (including phenoxy) is 2. The summed E-state index contributed by atoms with van der Waals surface area (Å²) < 4.78 is 11.0. The molecule has 176 valence electrons. The molecular formula is C22H26N4O7. The predicted octanol–water partition coefficient (Wildman–Crippen LogP) is 1.48. The lowest BCUT2D eigenvalue weighted by atomic mass is 9.86. The van der Waals surface area contributed by atoms with Gasteiger partial charge in [0, 0.05) is 11.0 Å². The van der Waals surface area contributed by atoms with Crippen LogP contribution in [0.4, 0.5) is 0 Å². The van der Waals surface area contributed by atoms with Gasteiger partial charge in [-0.05, 0) is 42.5 Å². The van der Waals surface area contributed by atoms with Gasteiger partial charge in [0.15, 0.2) is 18.1 Å². The molecule has 3 atom stereocenters. The first-order chi connectivity index (χ1) is 15.8. The highest BCUT2D eigenvalue weighted by molar-refractivity contribution is 6.21. The molecule has 11 heteroatoms. The standard InChI is InChI=1S/C22H26N4O7/c1-13-5-3-4-6-15(13)23-19(27)12-33-16-9-7-14(11-17(16)32-2)8-10-18-24-21(28)20(26(30)31)22(29)25-18/h7-11,13,15,20H,3-6,12H2,1-2H3,(H,23,27)(H,24,25,28,29)/b10-8+. The van der Waals surface area contributed by atoms with Crippen LogP contribution in [0, 0.1) is 16.0 Å². The van der Waals surface area contributed by atoms with Gasteiger partial charge in [-0.25, -0.2) is 0 Å². The van der Waals surface area contributed by atoms with Gasteiger partial charge in [0.05, 0.1) is 7.11 Å². The molecule has 33 heavy (non-hydrogen) atoms. The molecule has 1 aromatic carbocycles. The van der Waals surface area contributed by atoms with Gasteiger partial charge in [0.2, 0.25) is 0 Å². The van der Waals surface area contributed by atoms with Crippen LogP contribution in [0.25, 0.3) is 6.08 Å². The normalized spacial score (nSPS) is 23.0. The summed E-state index contributed by atoms with van der Waals surface area (Å²) in [6.07, 6.45) is 7.27. The predicted molar refractivity (Wildman–Crippen MR) is 118 cm³/mol. The third-order valence-corrected chi connectivity index (χ3v) is 5.61. The molecule has 2 N–H and O–H groups in total. The van der Waals surface area contributed by atoms with E-state index in [1.54, 1.807) is 24.3 Å². The van der Waals surface area contributed by atoms with E-state index < -0.39 is 22.8 Å². The van der Waals surface area contributed by atoms with E-state index >= 15 is 0 Å². The Morgan fingerprint density at radius 2 is 2.03 bits per heavy atom. The molecule has 0 bridgehead atoms. The highest BCUT2D eigenvalue weighted by Gasteiger charge is 2.41. The highest BCUT2D eigenvalue weighted by atomic mass is 16.6. The van der Waals surface area contributed by atoms with E-state index in [-0.39, 0.29) is 24.4 Å². The minimum absolute atomic E-state index is 0.101. The van der Waals surface area contributed by atoms with Crippen LogP contribution in [0.3, 0.4) is 0 Å². The van der Waals surface area contributed by atoms with Crippen LogP contribution >= 0.6 is 0 Å². The second-order valence-corrected chi connectivity index (χ2v) is 7.98. The van der Waals surface area contributed by atoms with Gasteiger partial charge >= 0.3 is 17.9 Å². The molecule has 0 saturated heterocycles. The third-order valence-electron chi connectivity index (χ3n) is 5.61. The fourth-order valence-electron chi connectivity index (χ4n) is 3.78. The van der Waals surface area contributed by atoms with E-state index in [0.717, 1.165) is 19.3 Å². The molecule has 0 aromatic heterocycles. The zero-order valence-corrected chi connectivity index (χ0v) is 18.4. The second-order valence-electron chi connectivity index (χ2n) is 7.98. The summed E-state index contributed by atoms with van der Waals surface area (Å²) >= 11 is 0. The first kappa shape index (κ1) is 23.9. The van der Waals surface area contributed by atoms with Crippen LogP contribution in [0.5, 0.6) is 11.5 Å². The molecule has 3 unspecified atom stereocenters. The summed E-state index contributed by atoms with van der Waals surface area (Å²) in [4.78, 5) is 49.0. The smallest absolute Gasteiger partial charge is 0.368 e. The van der Waals surface area contributed by atoms with Crippen molar-refractivity contribution in [3.8, 4) is 11.5 Å². The van der Waals surface area contributed by atoms with Crippen molar-refractivity contribution in [1.29, 1.82) is 0 Å². The molecule has 3 rings (SSSR count). The Kier molecular flexibility index (Phi) is 7.75. The Bertz CT molecular complexity index is 1000. The van der Waals surface area contributed by atoms with E-state index in [9.17, 15) is 24.5 Å². The summed E-state index contributed by atoms with van der Waals surface area (Å²) in [5, 5.41) is 16.0. The van der Waals surface area contributed by atoms with Crippen LogP contribution in [0.1, 0.15) is 38.2 Å². The summed E-state index contributed by atoms with van der Waals surface area (Å²) in [6.45, 7) is 2.00. The number of amidine groups is 1. The van der Waals surface area contributed by atoms with Crippen LogP contribution < -0.4 is 20.1 Å². The van der Waals surface area contributed by atoms with Crippen LogP contribution in [0.15, 0.2) is 29.3 Å². The molecule has 1 fully saturated rings. The number of nitro groups is 1. The van der Waals surface area contributed by atoms with Crippen LogP contribution in [-0.2, 0) is 14.4 Å². The monoisotopic (exact) mass is 458 g/mol. The molecule has 0 spiro atoms. The number of hydrogen-bond acceptors (Lipinski definition) is 7. The third kappa shape index (κ3) is 6.15. The summed E-state index contributed by atoms with van der Waals surface area (Å²) in [5.74, 6) is -1.25. The van der Waals surface area contributed by atoms with Crippen LogP contribution in [0.2, 0.25) is 0 Å². The average molecular weight is 458 g/mol. The first-order valence-corrected chi connectivity index (χ1v) is 10.6. The topological polar surface area (TPSA) is 149 Å². The van der Waals surface area contributed by atoms with Gasteiger partial charge in [0.25, 0.3) is 5.91 Å². The number of benzene rings is 1. The summed E-state index contributed by atoms with van der Waals surface area (Å²) in [5.41, 5.74) is 0.625. The maximum Gasteiger partial charge on any atom is 0.368 e.